The highest BCUT2D eigenvalue weighted by molar-refractivity contribution is 14.0. The number of halogens is 4. The van der Waals surface area contributed by atoms with Crippen LogP contribution in [0.3, 0.4) is 0 Å². The zero-order valence-electron chi connectivity index (χ0n) is 16.1. The Morgan fingerprint density at radius 1 is 1.36 bits per heavy atom. The number of guanidine groups is 1. The van der Waals surface area contributed by atoms with E-state index in [0.29, 0.717) is 32.0 Å². The molecule has 1 unspecified atom stereocenters. The fraction of sp³-hybridized carbons (Fsp3) is 0.526. The van der Waals surface area contributed by atoms with Gasteiger partial charge in [-0.15, -0.1) is 24.0 Å². The second-order valence-corrected chi connectivity index (χ2v) is 7.04. The first-order valence-electron chi connectivity index (χ1n) is 9.17. The molecule has 9 heteroatoms. The summed E-state index contributed by atoms with van der Waals surface area (Å²) in [7, 11) is 1.67. The Labute approximate surface area is 180 Å². The Hall–Kier alpha value is -1.49. The first kappa shape index (κ1) is 22.8. The van der Waals surface area contributed by atoms with Crippen LogP contribution in [0.15, 0.2) is 29.4 Å². The molecule has 1 saturated heterocycles. The maximum Gasteiger partial charge on any atom is 0.401 e. The zero-order chi connectivity index (χ0) is 19.4. The van der Waals surface area contributed by atoms with Crippen molar-refractivity contribution < 1.29 is 13.2 Å². The number of likely N-dealkylation sites (tertiary alicyclic amines) is 1. The molecule has 1 aliphatic heterocycles. The molecule has 28 heavy (non-hydrogen) atoms. The number of nitrogens with zero attached hydrogens (tertiary/aromatic N) is 2. The molecule has 3 rings (SSSR count). The number of benzene rings is 1. The van der Waals surface area contributed by atoms with E-state index >= 15 is 0 Å². The molecular formula is C19H27F3IN5. The molecule has 3 N–H and O–H groups in total. The Morgan fingerprint density at radius 2 is 2.14 bits per heavy atom. The minimum Gasteiger partial charge on any atom is -0.361 e. The number of aryl methyl sites for hydroxylation is 1. The Bertz CT molecular complexity index is 802. The molecule has 5 nitrogen and oxygen atoms in total. The lowest BCUT2D eigenvalue weighted by Crippen LogP contribution is -2.45. The maximum atomic E-state index is 12.5. The van der Waals surface area contributed by atoms with Gasteiger partial charge in [0.25, 0.3) is 0 Å². The van der Waals surface area contributed by atoms with Crippen LogP contribution in [-0.2, 0) is 6.42 Å². The van der Waals surface area contributed by atoms with Crippen LogP contribution < -0.4 is 10.6 Å². The van der Waals surface area contributed by atoms with Crippen molar-refractivity contribution in [2.75, 3.05) is 33.2 Å². The van der Waals surface area contributed by atoms with Crippen molar-refractivity contribution >= 4 is 40.8 Å². The molecular weight excluding hydrogens is 482 g/mol. The number of hydrogen-bond donors (Lipinski definition) is 3. The largest absolute Gasteiger partial charge is 0.401 e. The molecule has 0 radical (unpaired) electrons. The number of aromatic nitrogens is 1. The van der Waals surface area contributed by atoms with E-state index in [1.807, 2.05) is 6.20 Å². The molecule has 0 bridgehead atoms. The average molecular weight is 509 g/mol. The van der Waals surface area contributed by atoms with Crippen LogP contribution >= 0.6 is 24.0 Å². The third kappa shape index (κ3) is 6.00. The highest BCUT2D eigenvalue weighted by Gasteiger charge is 2.34. The van der Waals surface area contributed by atoms with Gasteiger partial charge in [-0.25, -0.2) is 0 Å². The van der Waals surface area contributed by atoms with Crippen molar-refractivity contribution in [2.24, 2.45) is 4.99 Å². The quantitative estimate of drug-likeness (QED) is 0.329. The molecule has 1 fully saturated rings. The smallest absolute Gasteiger partial charge is 0.361 e. The standard InChI is InChI=1S/C19H26F3N5.HI/c1-13-4-3-5-16-14(10-25-17(13)16)6-8-24-18(23-2)26-15-7-9-27(11-15)12-19(20,21)22;/h3-5,10,15,25H,6-9,11-12H2,1-2H3,(H2,23,24,26);1H. The van der Waals surface area contributed by atoms with Gasteiger partial charge in [-0.1, -0.05) is 18.2 Å². The summed E-state index contributed by atoms with van der Waals surface area (Å²) < 4.78 is 37.5. The van der Waals surface area contributed by atoms with Crippen LogP contribution in [0, 0.1) is 6.92 Å². The van der Waals surface area contributed by atoms with Gasteiger partial charge in [-0.05, 0) is 30.9 Å². The number of hydrogen-bond acceptors (Lipinski definition) is 2. The Morgan fingerprint density at radius 3 is 2.86 bits per heavy atom. The molecule has 0 spiro atoms. The van der Waals surface area contributed by atoms with Crippen LogP contribution in [0.1, 0.15) is 17.5 Å². The minimum atomic E-state index is -4.15. The fourth-order valence-electron chi connectivity index (χ4n) is 3.62. The summed E-state index contributed by atoms with van der Waals surface area (Å²) in [5.41, 5.74) is 3.61. The molecule has 0 aliphatic carbocycles. The van der Waals surface area contributed by atoms with Crippen molar-refractivity contribution in [1.82, 2.24) is 20.5 Å². The highest BCUT2D eigenvalue weighted by atomic mass is 127. The lowest BCUT2D eigenvalue weighted by molar-refractivity contribution is -0.143. The van der Waals surface area contributed by atoms with Crippen molar-refractivity contribution in [3.8, 4) is 0 Å². The third-order valence-electron chi connectivity index (χ3n) is 4.94. The molecule has 0 saturated carbocycles. The predicted molar refractivity (Wildman–Crippen MR) is 118 cm³/mol. The van der Waals surface area contributed by atoms with Gasteiger partial charge in [-0.2, -0.15) is 13.2 Å². The van der Waals surface area contributed by atoms with E-state index in [1.165, 1.54) is 21.4 Å². The van der Waals surface area contributed by atoms with Crippen molar-refractivity contribution in [3.05, 3.63) is 35.5 Å². The lowest BCUT2D eigenvalue weighted by atomic mass is 10.1. The molecule has 1 aliphatic rings. The van der Waals surface area contributed by atoms with Gasteiger partial charge < -0.3 is 15.6 Å². The maximum absolute atomic E-state index is 12.5. The van der Waals surface area contributed by atoms with Gasteiger partial charge >= 0.3 is 6.18 Å². The second kappa shape index (κ2) is 9.82. The normalized spacial score (nSPS) is 18.3. The van der Waals surface area contributed by atoms with E-state index in [0.717, 1.165) is 11.9 Å². The van der Waals surface area contributed by atoms with Crippen LogP contribution in [0.5, 0.6) is 0 Å². The number of fused-ring (bicyclic) bond motifs is 1. The highest BCUT2D eigenvalue weighted by Crippen LogP contribution is 2.21. The van der Waals surface area contributed by atoms with Crippen molar-refractivity contribution in [1.29, 1.82) is 0 Å². The van der Waals surface area contributed by atoms with Gasteiger partial charge in [0.15, 0.2) is 5.96 Å². The summed E-state index contributed by atoms with van der Waals surface area (Å²) in [4.78, 5) is 8.94. The summed E-state index contributed by atoms with van der Waals surface area (Å²) in [5.74, 6) is 0.630. The predicted octanol–water partition coefficient (Wildman–Crippen LogP) is 3.44. The second-order valence-electron chi connectivity index (χ2n) is 7.04. The summed E-state index contributed by atoms with van der Waals surface area (Å²) in [6.45, 7) is 2.75. The molecule has 1 atom stereocenters. The number of alkyl halides is 3. The minimum absolute atomic E-state index is 0. The third-order valence-corrected chi connectivity index (χ3v) is 4.94. The summed E-state index contributed by atoms with van der Waals surface area (Å²) in [6.07, 6.45) is -0.610. The number of aromatic amines is 1. The first-order valence-corrected chi connectivity index (χ1v) is 9.17. The Balaban J connectivity index is 0.00000280. The van der Waals surface area contributed by atoms with Crippen LogP contribution in [-0.4, -0.2) is 61.3 Å². The lowest BCUT2D eigenvalue weighted by Gasteiger charge is -2.19. The van der Waals surface area contributed by atoms with E-state index in [2.05, 4.69) is 45.7 Å². The van der Waals surface area contributed by atoms with E-state index in [-0.39, 0.29) is 30.0 Å². The van der Waals surface area contributed by atoms with Crippen molar-refractivity contribution in [2.45, 2.75) is 32.0 Å². The SMILES string of the molecule is CN=C(NCCc1c[nH]c2c(C)cccc12)NC1CCN(CC(F)(F)F)C1.I. The number of para-hydroxylation sites is 1. The molecule has 2 heterocycles. The average Bonchev–Trinajstić information content (AvgIpc) is 3.20. The molecule has 1 aromatic carbocycles. The van der Waals surface area contributed by atoms with E-state index in [4.69, 9.17) is 0 Å². The number of H-pyrrole nitrogens is 1. The number of rotatable bonds is 5. The molecule has 0 amide bonds. The van der Waals surface area contributed by atoms with Gasteiger partial charge in [0.2, 0.25) is 0 Å². The van der Waals surface area contributed by atoms with E-state index < -0.39 is 12.7 Å². The molecule has 1 aromatic heterocycles. The number of nitrogens with one attached hydrogen (secondary N) is 3. The van der Waals surface area contributed by atoms with Crippen LogP contribution in [0.2, 0.25) is 0 Å². The molecule has 156 valence electrons. The first-order chi connectivity index (χ1) is 12.9. The molecule has 2 aromatic rings. The van der Waals surface area contributed by atoms with Gasteiger partial charge in [0.05, 0.1) is 6.54 Å². The van der Waals surface area contributed by atoms with Crippen LogP contribution in [0.4, 0.5) is 13.2 Å². The summed E-state index contributed by atoms with van der Waals surface area (Å²) >= 11 is 0. The van der Waals surface area contributed by atoms with Gasteiger partial charge in [-0.3, -0.25) is 9.89 Å². The zero-order valence-corrected chi connectivity index (χ0v) is 18.4. The van der Waals surface area contributed by atoms with E-state index in [1.54, 1.807) is 7.05 Å². The topological polar surface area (TPSA) is 55.5 Å². The Kier molecular flexibility index (Phi) is 7.99. The summed E-state index contributed by atoms with van der Waals surface area (Å²) in [5, 5.41) is 7.71. The summed E-state index contributed by atoms with van der Waals surface area (Å²) in [6, 6.07) is 6.22. The monoisotopic (exact) mass is 509 g/mol. The van der Waals surface area contributed by atoms with Gasteiger partial charge in [0.1, 0.15) is 0 Å². The van der Waals surface area contributed by atoms with Gasteiger partial charge in [0, 0.05) is 49.8 Å². The van der Waals surface area contributed by atoms with Crippen molar-refractivity contribution in [3.63, 3.8) is 0 Å². The number of aliphatic imine (C=N–C) groups is 1. The van der Waals surface area contributed by atoms with E-state index in [9.17, 15) is 13.2 Å². The fourth-order valence-corrected chi connectivity index (χ4v) is 3.62. The van der Waals surface area contributed by atoms with Crippen LogP contribution in [0.25, 0.3) is 10.9 Å².